The molecule has 82 valence electrons. The molecular weight excluding hydrogens is 194 g/mol. The molecule has 0 spiro atoms. The number of hydrogen-bond acceptors (Lipinski definition) is 4. The van der Waals surface area contributed by atoms with Gasteiger partial charge in [-0.1, -0.05) is 0 Å². The van der Waals surface area contributed by atoms with Gasteiger partial charge in [0.05, 0.1) is 12.7 Å². The molecule has 1 unspecified atom stereocenters. The van der Waals surface area contributed by atoms with Crippen LogP contribution in [0, 0.1) is 6.92 Å². The van der Waals surface area contributed by atoms with E-state index in [1.54, 1.807) is 12.1 Å². The monoisotopic (exact) mass is 209 g/mol. The Morgan fingerprint density at radius 3 is 2.73 bits per heavy atom. The molecule has 4 heteroatoms. The number of aryl methyl sites for hydroxylation is 1. The largest absolute Gasteiger partial charge is 0.504 e. The van der Waals surface area contributed by atoms with Crippen LogP contribution in [0.25, 0.3) is 0 Å². The summed E-state index contributed by atoms with van der Waals surface area (Å²) in [6.07, 6.45) is -0.0368. The third-order valence-corrected chi connectivity index (χ3v) is 2.64. The molecule has 1 saturated heterocycles. The summed E-state index contributed by atoms with van der Waals surface area (Å²) in [6.45, 7) is 4.17. The summed E-state index contributed by atoms with van der Waals surface area (Å²) in [5, 5.41) is 22.0. The molecule has 1 atom stereocenters. The molecule has 0 aromatic heterocycles. The summed E-state index contributed by atoms with van der Waals surface area (Å²) in [5.41, 5.74) is 1.86. The van der Waals surface area contributed by atoms with Crippen molar-refractivity contribution in [3.05, 3.63) is 23.3 Å². The first kappa shape index (κ1) is 10.3. The van der Waals surface area contributed by atoms with Gasteiger partial charge in [-0.25, -0.2) is 0 Å². The molecule has 3 N–H and O–H groups in total. The van der Waals surface area contributed by atoms with Gasteiger partial charge in [-0.2, -0.15) is 0 Å². The van der Waals surface area contributed by atoms with E-state index >= 15 is 0 Å². The topological polar surface area (TPSA) is 61.7 Å². The fraction of sp³-hybridized carbons (Fsp3) is 0.455. The Labute approximate surface area is 88.5 Å². The number of aromatic hydroxyl groups is 2. The van der Waals surface area contributed by atoms with Crippen molar-refractivity contribution < 1.29 is 14.9 Å². The maximum absolute atomic E-state index is 9.43. The molecule has 0 amide bonds. The van der Waals surface area contributed by atoms with Gasteiger partial charge in [-0.3, -0.25) is 0 Å². The number of rotatable bonds is 1. The molecule has 1 heterocycles. The third kappa shape index (κ3) is 2.06. The van der Waals surface area contributed by atoms with Crippen LogP contribution in [0.15, 0.2) is 12.1 Å². The minimum Gasteiger partial charge on any atom is -0.504 e. The van der Waals surface area contributed by atoms with Crippen LogP contribution in [-0.4, -0.2) is 29.9 Å². The van der Waals surface area contributed by atoms with Gasteiger partial charge in [0.25, 0.3) is 0 Å². The Balaban J connectivity index is 2.30. The lowest BCUT2D eigenvalue weighted by Crippen LogP contribution is -2.33. The number of phenols is 2. The van der Waals surface area contributed by atoms with Crippen molar-refractivity contribution in [2.75, 3.05) is 19.7 Å². The molecule has 4 nitrogen and oxygen atoms in total. The standard InChI is InChI=1S/C11H15NO3/c1-7-4-9(13)10(14)5-8(7)11-6-12-2-3-15-11/h4-5,11-14H,2-3,6H2,1H3. The Bertz CT molecular complexity index is 359. The van der Waals surface area contributed by atoms with E-state index < -0.39 is 0 Å². The molecule has 2 rings (SSSR count). The van der Waals surface area contributed by atoms with Crippen molar-refractivity contribution in [1.29, 1.82) is 0 Å². The van der Waals surface area contributed by atoms with E-state index in [9.17, 15) is 10.2 Å². The van der Waals surface area contributed by atoms with E-state index in [0.717, 1.165) is 24.2 Å². The van der Waals surface area contributed by atoms with Crippen LogP contribution in [0.5, 0.6) is 11.5 Å². The summed E-state index contributed by atoms with van der Waals surface area (Å²) in [6, 6.07) is 3.13. The van der Waals surface area contributed by atoms with Gasteiger partial charge in [0, 0.05) is 13.1 Å². The predicted octanol–water partition coefficient (Wildman–Crippen LogP) is 1.07. The Morgan fingerprint density at radius 1 is 1.33 bits per heavy atom. The lowest BCUT2D eigenvalue weighted by atomic mass is 10.0. The summed E-state index contributed by atoms with van der Waals surface area (Å²) in [7, 11) is 0. The zero-order valence-corrected chi connectivity index (χ0v) is 8.66. The summed E-state index contributed by atoms with van der Waals surface area (Å²) >= 11 is 0. The predicted molar refractivity (Wildman–Crippen MR) is 56.1 cm³/mol. The second kappa shape index (κ2) is 4.08. The minimum atomic E-state index is -0.0928. The minimum absolute atomic E-state index is 0.0368. The van der Waals surface area contributed by atoms with Gasteiger partial charge in [0.15, 0.2) is 11.5 Å². The van der Waals surface area contributed by atoms with Crippen LogP contribution >= 0.6 is 0 Å². The van der Waals surface area contributed by atoms with Gasteiger partial charge in [-0.15, -0.1) is 0 Å². The fourth-order valence-corrected chi connectivity index (χ4v) is 1.81. The molecule has 15 heavy (non-hydrogen) atoms. The zero-order valence-electron chi connectivity index (χ0n) is 8.66. The first-order valence-corrected chi connectivity index (χ1v) is 5.03. The Morgan fingerprint density at radius 2 is 2.07 bits per heavy atom. The van der Waals surface area contributed by atoms with E-state index in [1.165, 1.54) is 0 Å². The van der Waals surface area contributed by atoms with Crippen molar-refractivity contribution in [3.63, 3.8) is 0 Å². The highest BCUT2D eigenvalue weighted by Gasteiger charge is 2.19. The van der Waals surface area contributed by atoms with Gasteiger partial charge in [0.1, 0.15) is 0 Å². The zero-order chi connectivity index (χ0) is 10.8. The summed E-state index contributed by atoms with van der Waals surface area (Å²) in [5.74, 6) is -0.176. The highest BCUT2D eigenvalue weighted by atomic mass is 16.5. The molecule has 1 aliphatic heterocycles. The lowest BCUT2D eigenvalue weighted by Gasteiger charge is -2.25. The fourth-order valence-electron chi connectivity index (χ4n) is 1.81. The van der Waals surface area contributed by atoms with Crippen LogP contribution in [0.4, 0.5) is 0 Å². The maximum Gasteiger partial charge on any atom is 0.157 e. The molecule has 0 bridgehead atoms. The molecule has 1 aromatic carbocycles. The molecule has 0 radical (unpaired) electrons. The Hall–Kier alpha value is -1.26. The molecule has 0 aliphatic carbocycles. The number of ether oxygens (including phenoxy) is 1. The third-order valence-electron chi connectivity index (χ3n) is 2.64. The highest BCUT2D eigenvalue weighted by molar-refractivity contribution is 5.46. The number of nitrogens with one attached hydrogen (secondary N) is 1. The SMILES string of the molecule is Cc1cc(O)c(O)cc1C1CNCCO1. The van der Waals surface area contributed by atoms with E-state index in [1.807, 2.05) is 6.92 Å². The van der Waals surface area contributed by atoms with Gasteiger partial charge < -0.3 is 20.3 Å². The molecule has 0 saturated carbocycles. The van der Waals surface area contributed by atoms with Crippen LogP contribution in [0.3, 0.4) is 0 Å². The van der Waals surface area contributed by atoms with E-state index in [2.05, 4.69) is 5.32 Å². The van der Waals surface area contributed by atoms with Gasteiger partial charge in [0.2, 0.25) is 0 Å². The molecule has 1 aromatic rings. The summed E-state index contributed by atoms with van der Waals surface area (Å²) < 4.78 is 5.58. The molecule has 1 fully saturated rings. The average molecular weight is 209 g/mol. The lowest BCUT2D eigenvalue weighted by molar-refractivity contribution is 0.0272. The van der Waals surface area contributed by atoms with Crippen molar-refractivity contribution in [3.8, 4) is 11.5 Å². The first-order chi connectivity index (χ1) is 7.18. The van der Waals surface area contributed by atoms with E-state index in [-0.39, 0.29) is 17.6 Å². The molecular formula is C11H15NO3. The maximum atomic E-state index is 9.43. The number of benzene rings is 1. The van der Waals surface area contributed by atoms with Crippen LogP contribution < -0.4 is 5.32 Å². The quantitative estimate of drug-likeness (QED) is 0.605. The van der Waals surface area contributed by atoms with Crippen molar-refractivity contribution in [2.45, 2.75) is 13.0 Å². The normalized spacial score (nSPS) is 21.5. The highest BCUT2D eigenvalue weighted by Crippen LogP contribution is 2.32. The smallest absolute Gasteiger partial charge is 0.157 e. The van der Waals surface area contributed by atoms with Gasteiger partial charge >= 0.3 is 0 Å². The van der Waals surface area contributed by atoms with Crippen LogP contribution in [0.1, 0.15) is 17.2 Å². The first-order valence-electron chi connectivity index (χ1n) is 5.03. The number of phenolic OH excluding ortho intramolecular Hbond substituents is 2. The average Bonchev–Trinajstić information content (AvgIpc) is 2.25. The van der Waals surface area contributed by atoms with E-state index in [4.69, 9.17) is 4.74 Å². The van der Waals surface area contributed by atoms with Gasteiger partial charge in [-0.05, 0) is 30.2 Å². The van der Waals surface area contributed by atoms with Crippen molar-refractivity contribution >= 4 is 0 Å². The van der Waals surface area contributed by atoms with Crippen LogP contribution in [0.2, 0.25) is 0 Å². The number of hydrogen-bond donors (Lipinski definition) is 3. The molecule has 1 aliphatic rings. The number of morpholine rings is 1. The Kier molecular flexibility index (Phi) is 2.79. The van der Waals surface area contributed by atoms with E-state index in [0.29, 0.717) is 6.61 Å². The van der Waals surface area contributed by atoms with Crippen LogP contribution in [-0.2, 0) is 4.74 Å². The second-order valence-corrected chi connectivity index (χ2v) is 3.76. The van der Waals surface area contributed by atoms with Crippen molar-refractivity contribution in [2.24, 2.45) is 0 Å². The van der Waals surface area contributed by atoms with Crippen molar-refractivity contribution in [1.82, 2.24) is 5.32 Å². The second-order valence-electron chi connectivity index (χ2n) is 3.76. The summed E-state index contributed by atoms with van der Waals surface area (Å²) in [4.78, 5) is 0.